The number of benzene rings is 3. The summed E-state index contributed by atoms with van der Waals surface area (Å²) in [7, 11) is 1.35. The van der Waals surface area contributed by atoms with Crippen LogP contribution in [-0.2, 0) is 11.2 Å². The van der Waals surface area contributed by atoms with E-state index in [-0.39, 0.29) is 11.6 Å². The first-order valence-corrected chi connectivity index (χ1v) is 12.8. The quantitative estimate of drug-likeness (QED) is 0.372. The Labute approximate surface area is 216 Å². The summed E-state index contributed by atoms with van der Waals surface area (Å²) in [5.41, 5.74) is 6.74. The summed E-state index contributed by atoms with van der Waals surface area (Å²) >= 11 is 7.57. The minimum atomic E-state index is -0.394. The zero-order valence-electron chi connectivity index (χ0n) is 19.4. The Morgan fingerprint density at radius 3 is 2.56 bits per heavy atom. The van der Waals surface area contributed by atoms with Crippen molar-refractivity contribution in [2.75, 3.05) is 7.11 Å². The van der Waals surface area contributed by atoms with Crippen molar-refractivity contribution in [1.82, 2.24) is 4.57 Å². The van der Waals surface area contributed by atoms with Gasteiger partial charge in [0.15, 0.2) is 4.80 Å². The first-order chi connectivity index (χ1) is 17.5. The predicted molar refractivity (Wildman–Crippen MR) is 142 cm³/mol. The Morgan fingerprint density at radius 2 is 1.81 bits per heavy atom. The molecule has 36 heavy (non-hydrogen) atoms. The molecule has 0 saturated heterocycles. The highest BCUT2D eigenvalue weighted by Gasteiger charge is 2.32. The predicted octanol–water partition coefficient (Wildman–Crippen LogP) is 4.76. The number of methoxy groups -OCH3 is 1. The number of carbonyl (C=O) groups is 1. The molecule has 1 aliphatic heterocycles. The number of carbonyl (C=O) groups excluding carboxylic acids is 1. The minimum Gasteiger partial charge on any atom is -0.465 e. The number of allylic oxidation sites excluding steroid dienone is 1. The molecular weight excluding hydrogens is 492 g/mol. The van der Waals surface area contributed by atoms with E-state index in [9.17, 15) is 9.59 Å². The standard InChI is InChI=1S/C29H21ClN2O3S/c1-35-28(34)20-8-6-17(7-9-20)16-24-27(33)32-26(19-10-13-21(30)14-11-19)23-15-12-18-4-2-3-5-22(18)25(23)31-29(32)36-24/h2-11,13-14,16,26H,12,15H2,1H3. The fraction of sp³-hybridized carbons (Fsp3) is 0.138. The molecule has 0 radical (unpaired) electrons. The van der Waals surface area contributed by atoms with Crippen LogP contribution < -0.4 is 14.9 Å². The van der Waals surface area contributed by atoms with Crippen LogP contribution in [0.4, 0.5) is 0 Å². The van der Waals surface area contributed by atoms with Crippen molar-refractivity contribution < 1.29 is 9.53 Å². The van der Waals surface area contributed by atoms with Crippen LogP contribution in [0, 0.1) is 0 Å². The topological polar surface area (TPSA) is 60.7 Å². The average molecular weight is 513 g/mol. The van der Waals surface area contributed by atoms with Crippen LogP contribution in [-0.4, -0.2) is 17.6 Å². The molecule has 1 aliphatic carbocycles. The average Bonchev–Trinajstić information content (AvgIpc) is 3.22. The van der Waals surface area contributed by atoms with Crippen molar-refractivity contribution >= 4 is 40.7 Å². The maximum absolute atomic E-state index is 13.8. The van der Waals surface area contributed by atoms with Crippen LogP contribution in [0.3, 0.4) is 0 Å². The van der Waals surface area contributed by atoms with E-state index in [1.165, 1.54) is 24.0 Å². The fourth-order valence-electron chi connectivity index (χ4n) is 4.95. The third kappa shape index (κ3) is 3.83. The Hall–Kier alpha value is -3.74. The lowest BCUT2D eigenvalue weighted by Gasteiger charge is -2.30. The summed E-state index contributed by atoms with van der Waals surface area (Å²) < 4.78 is 7.18. The molecule has 2 heterocycles. The Kier molecular flexibility index (Phi) is 5.70. The van der Waals surface area contributed by atoms with Gasteiger partial charge in [-0.1, -0.05) is 71.5 Å². The second-order valence-corrected chi connectivity index (χ2v) is 10.2. The molecule has 0 bridgehead atoms. The maximum Gasteiger partial charge on any atom is 0.337 e. The van der Waals surface area contributed by atoms with E-state index in [2.05, 4.69) is 18.2 Å². The van der Waals surface area contributed by atoms with Gasteiger partial charge >= 0.3 is 5.97 Å². The number of aromatic nitrogens is 1. The second kappa shape index (κ2) is 9.04. The van der Waals surface area contributed by atoms with Gasteiger partial charge in [0, 0.05) is 10.6 Å². The van der Waals surface area contributed by atoms with Crippen LogP contribution >= 0.6 is 22.9 Å². The number of fused-ring (bicyclic) bond motifs is 3. The lowest BCUT2D eigenvalue weighted by Crippen LogP contribution is -2.38. The summed E-state index contributed by atoms with van der Waals surface area (Å²) in [5, 5.41) is 0.657. The zero-order chi connectivity index (χ0) is 24.8. The van der Waals surface area contributed by atoms with Gasteiger partial charge in [-0.3, -0.25) is 9.36 Å². The molecule has 1 unspecified atom stereocenters. The zero-order valence-corrected chi connectivity index (χ0v) is 21.0. The maximum atomic E-state index is 13.8. The van der Waals surface area contributed by atoms with Crippen LogP contribution in [0.1, 0.15) is 45.1 Å². The highest BCUT2D eigenvalue weighted by atomic mass is 35.5. The molecule has 2 aliphatic rings. The van der Waals surface area contributed by atoms with Crippen molar-refractivity contribution in [1.29, 1.82) is 0 Å². The van der Waals surface area contributed by atoms with Crippen molar-refractivity contribution in [3.05, 3.63) is 131 Å². The van der Waals surface area contributed by atoms with E-state index in [1.54, 1.807) is 12.1 Å². The number of hydrogen-bond donors (Lipinski definition) is 0. The Morgan fingerprint density at radius 1 is 1.06 bits per heavy atom. The van der Waals surface area contributed by atoms with Crippen molar-refractivity contribution in [2.24, 2.45) is 4.99 Å². The molecule has 0 N–H and O–H groups in total. The van der Waals surface area contributed by atoms with Crippen LogP contribution in [0.5, 0.6) is 0 Å². The summed E-state index contributed by atoms with van der Waals surface area (Å²) in [6.07, 6.45) is 3.59. The van der Waals surface area contributed by atoms with Gasteiger partial charge in [0.1, 0.15) is 0 Å². The van der Waals surface area contributed by atoms with E-state index >= 15 is 0 Å². The van der Waals surface area contributed by atoms with E-state index in [1.807, 2.05) is 53.1 Å². The van der Waals surface area contributed by atoms with E-state index in [0.29, 0.717) is 19.9 Å². The third-order valence-corrected chi connectivity index (χ3v) is 7.92. The number of ether oxygens (including phenoxy) is 1. The van der Waals surface area contributed by atoms with Gasteiger partial charge in [-0.05, 0) is 65.4 Å². The van der Waals surface area contributed by atoms with Gasteiger partial charge in [0.25, 0.3) is 5.56 Å². The SMILES string of the molecule is COC(=O)c1ccc(C=c2sc3n(c2=O)C(c2ccc(Cl)cc2)C2=C(N=3)c3ccccc3CC2)cc1. The second-order valence-electron chi connectivity index (χ2n) is 8.78. The molecule has 6 rings (SSSR count). The Balaban J connectivity index is 1.55. The molecule has 3 aromatic carbocycles. The monoisotopic (exact) mass is 512 g/mol. The van der Waals surface area contributed by atoms with Crippen LogP contribution in [0.2, 0.25) is 5.02 Å². The summed E-state index contributed by atoms with van der Waals surface area (Å²) in [5.74, 6) is -0.394. The molecule has 4 aromatic rings. The summed E-state index contributed by atoms with van der Waals surface area (Å²) in [6.45, 7) is 0. The number of halogens is 1. The number of esters is 1. The largest absolute Gasteiger partial charge is 0.465 e. The molecule has 0 amide bonds. The molecule has 0 fully saturated rings. The molecule has 0 spiro atoms. The third-order valence-electron chi connectivity index (χ3n) is 6.69. The highest BCUT2D eigenvalue weighted by molar-refractivity contribution is 7.07. The first kappa shape index (κ1) is 22.7. The smallest absolute Gasteiger partial charge is 0.337 e. The van der Waals surface area contributed by atoms with Crippen molar-refractivity contribution in [3.8, 4) is 0 Å². The molecule has 1 atom stereocenters. The van der Waals surface area contributed by atoms with Gasteiger partial charge < -0.3 is 4.74 Å². The van der Waals surface area contributed by atoms with Gasteiger partial charge in [-0.25, -0.2) is 9.79 Å². The van der Waals surface area contributed by atoms with Gasteiger partial charge in [0.05, 0.1) is 28.9 Å². The summed E-state index contributed by atoms with van der Waals surface area (Å²) in [4.78, 5) is 31.2. The fourth-order valence-corrected chi connectivity index (χ4v) is 6.08. The van der Waals surface area contributed by atoms with Crippen molar-refractivity contribution in [3.63, 3.8) is 0 Å². The van der Waals surface area contributed by atoms with Gasteiger partial charge in [-0.15, -0.1) is 0 Å². The number of nitrogens with zero attached hydrogens (tertiary/aromatic N) is 2. The summed E-state index contributed by atoms with van der Waals surface area (Å²) in [6, 6.07) is 22.8. The van der Waals surface area contributed by atoms with Crippen LogP contribution in [0.25, 0.3) is 11.8 Å². The first-order valence-electron chi connectivity index (χ1n) is 11.6. The number of rotatable bonds is 3. The van der Waals surface area contributed by atoms with E-state index in [4.69, 9.17) is 21.3 Å². The lowest BCUT2D eigenvalue weighted by molar-refractivity contribution is 0.0600. The molecule has 7 heteroatoms. The van der Waals surface area contributed by atoms with Crippen molar-refractivity contribution in [2.45, 2.75) is 18.9 Å². The molecule has 1 aromatic heterocycles. The lowest BCUT2D eigenvalue weighted by atomic mass is 9.83. The minimum absolute atomic E-state index is 0.0823. The number of aryl methyl sites for hydroxylation is 1. The number of thiazole rings is 1. The molecule has 178 valence electrons. The normalized spacial score (nSPS) is 16.6. The Bertz CT molecular complexity index is 1710. The molecule has 5 nitrogen and oxygen atoms in total. The van der Waals surface area contributed by atoms with Gasteiger partial charge in [0.2, 0.25) is 0 Å². The number of hydrogen-bond acceptors (Lipinski definition) is 5. The van der Waals surface area contributed by atoms with Gasteiger partial charge in [-0.2, -0.15) is 0 Å². The molecule has 0 saturated carbocycles. The van der Waals surface area contributed by atoms with Crippen LogP contribution in [0.15, 0.2) is 88.2 Å². The highest BCUT2D eigenvalue weighted by Crippen LogP contribution is 2.41. The molecular formula is C29H21ClN2O3S. The van der Waals surface area contributed by atoms with E-state index in [0.717, 1.165) is 40.8 Å². The van der Waals surface area contributed by atoms with E-state index < -0.39 is 5.97 Å².